The van der Waals surface area contributed by atoms with Crippen molar-refractivity contribution in [3.8, 4) is 5.75 Å². The van der Waals surface area contributed by atoms with E-state index in [1.807, 2.05) is 29.2 Å². The second-order valence-electron chi connectivity index (χ2n) is 5.41. The molecule has 6 heteroatoms. The van der Waals surface area contributed by atoms with Crippen LogP contribution in [0.4, 0.5) is 4.79 Å². The molecule has 2 amide bonds. The van der Waals surface area contributed by atoms with Crippen molar-refractivity contribution in [1.82, 2.24) is 10.2 Å². The Balaban J connectivity index is 1.89. The molecule has 1 N–H and O–H groups in total. The van der Waals surface area contributed by atoms with Crippen molar-refractivity contribution < 1.29 is 19.1 Å². The molecule has 0 radical (unpaired) electrons. The van der Waals surface area contributed by atoms with Crippen LogP contribution in [0.25, 0.3) is 0 Å². The largest absolute Gasteiger partial charge is 0.497 e. The summed E-state index contributed by atoms with van der Waals surface area (Å²) in [7, 11) is 1.63. The van der Waals surface area contributed by atoms with Crippen LogP contribution in [0.3, 0.4) is 0 Å². The summed E-state index contributed by atoms with van der Waals surface area (Å²) in [5.74, 6) is 0.512. The van der Waals surface area contributed by atoms with Gasteiger partial charge in [0.2, 0.25) is 0 Å². The lowest BCUT2D eigenvalue weighted by molar-refractivity contribution is -0.142. The molecule has 23 heavy (non-hydrogen) atoms. The van der Waals surface area contributed by atoms with Gasteiger partial charge in [0.15, 0.2) is 0 Å². The van der Waals surface area contributed by atoms with Gasteiger partial charge in [-0.3, -0.25) is 4.79 Å². The Morgan fingerprint density at radius 3 is 2.70 bits per heavy atom. The predicted molar refractivity (Wildman–Crippen MR) is 86.3 cm³/mol. The number of rotatable bonds is 6. The fourth-order valence-corrected chi connectivity index (χ4v) is 2.79. The van der Waals surface area contributed by atoms with Crippen molar-refractivity contribution in [2.24, 2.45) is 0 Å². The molecule has 0 bridgehead atoms. The van der Waals surface area contributed by atoms with Crippen LogP contribution in [0.5, 0.6) is 5.75 Å². The Morgan fingerprint density at radius 1 is 1.30 bits per heavy atom. The second kappa shape index (κ2) is 8.41. The van der Waals surface area contributed by atoms with Crippen LogP contribution < -0.4 is 10.1 Å². The van der Waals surface area contributed by atoms with E-state index in [0.717, 1.165) is 30.7 Å². The molecule has 1 aliphatic heterocycles. The van der Waals surface area contributed by atoms with Crippen molar-refractivity contribution in [3.63, 3.8) is 0 Å². The first-order valence-corrected chi connectivity index (χ1v) is 7.99. The molecule has 1 aromatic rings. The van der Waals surface area contributed by atoms with E-state index in [-0.39, 0.29) is 24.5 Å². The Morgan fingerprint density at radius 2 is 2.04 bits per heavy atom. The molecule has 1 saturated heterocycles. The molecule has 0 saturated carbocycles. The summed E-state index contributed by atoms with van der Waals surface area (Å²) in [5.41, 5.74) is 1.10. The number of nitrogens with one attached hydrogen (secondary N) is 1. The number of carbonyl (C=O) groups excluding carboxylic acids is 2. The van der Waals surface area contributed by atoms with Gasteiger partial charge in [-0.2, -0.15) is 0 Å². The lowest BCUT2D eigenvalue weighted by Crippen LogP contribution is -2.40. The third kappa shape index (κ3) is 4.61. The van der Waals surface area contributed by atoms with Gasteiger partial charge in [-0.15, -0.1) is 0 Å². The molecule has 1 fully saturated rings. The van der Waals surface area contributed by atoms with Gasteiger partial charge in [0, 0.05) is 13.1 Å². The normalized spacial score (nSPS) is 17.0. The van der Waals surface area contributed by atoms with Crippen LogP contribution in [-0.4, -0.2) is 43.7 Å². The smallest absolute Gasteiger partial charge is 0.317 e. The number of likely N-dealkylation sites (tertiary alicyclic amines) is 1. The number of esters is 1. The zero-order valence-corrected chi connectivity index (χ0v) is 13.7. The minimum atomic E-state index is -0.291. The summed E-state index contributed by atoms with van der Waals surface area (Å²) in [6.45, 7) is 3.14. The lowest BCUT2D eigenvalue weighted by Gasteiger charge is -2.25. The maximum atomic E-state index is 12.3. The first-order valence-electron chi connectivity index (χ1n) is 7.99. The molecule has 1 atom stereocenters. The van der Waals surface area contributed by atoms with E-state index >= 15 is 0 Å². The monoisotopic (exact) mass is 320 g/mol. The van der Waals surface area contributed by atoms with Crippen LogP contribution in [0.2, 0.25) is 0 Å². The maximum absolute atomic E-state index is 12.3. The van der Waals surface area contributed by atoms with E-state index in [4.69, 9.17) is 9.47 Å². The van der Waals surface area contributed by atoms with Gasteiger partial charge in [-0.05, 0) is 37.5 Å². The average Bonchev–Trinajstić information content (AvgIpc) is 3.05. The molecule has 0 unspecified atom stereocenters. The first kappa shape index (κ1) is 17.1. The molecule has 2 rings (SSSR count). The molecule has 1 aromatic carbocycles. The molecule has 1 heterocycles. The number of nitrogens with zero attached hydrogens (tertiary/aromatic N) is 1. The standard InChI is InChI=1S/C17H24N2O4/c1-3-23-16(20)10-11-18-17(21)19-12-4-5-15(19)13-6-8-14(22-2)9-7-13/h6-9,15H,3-5,10-12H2,1-2H3,(H,18,21)/t15-/m1/s1. The molecule has 6 nitrogen and oxygen atoms in total. The minimum Gasteiger partial charge on any atom is -0.497 e. The van der Waals surface area contributed by atoms with E-state index in [2.05, 4.69) is 5.32 Å². The topological polar surface area (TPSA) is 67.9 Å². The maximum Gasteiger partial charge on any atom is 0.317 e. The number of ether oxygens (including phenoxy) is 2. The van der Waals surface area contributed by atoms with Crippen LogP contribution in [-0.2, 0) is 9.53 Å². The molecule has 126 valence electrons. The van der Waals surface area contributed by atoms with Crippen LogP contribution in [0.15, 0.2) is 24.3 Å². The highest BCUT2D eigenvalue weighted by atomic mass is 16.5. The Labute approximate surface area is 136 Å². The van der Waals surface area contributed by atoms with E-state index in [9.17, 15) is 9.59 Å². The first-order chi connectivity index (χ1) is 11.2. The number of hydrogen-bond donors (Lipinski definition) is 1. The van der Waals surface area contributed by atoms with E-state index in [0.29, 0.717) is 13.2 Å². The minimum absolute atomic E-state index is 0.0727. The number of hydrogen-bond acceptors (Lipinski definition) is 4. The molecular weight excluding hydrogens is 296 g/mol. The van der Waals surface area contributed by atoms with Crippen LogP contribution in [0, 0.1) is 0 Å². The third-order valence-electron chi connectivity index (χ3n) is 3.92. The van der Waals surface area contributed by atoms with Crippen molar-refractivity contribution in [1.29, 1.82) is 0 Å². The summed E-state index contributed by atoms with van der Waals surface area (Å²) in [6.07, 6.45) is 2.11. The van der Waals surface area contributed by atoms with Crippen molar-refractivity contribution >= 4 is 12.0 Å². The molecular formula is C17H24N2O4. The fraction of sp³-hybridized carbons (Fsp3) is 0.529. The van der Waals surface area contributed by atoms with Gasteiger partial charge in [-0.25, -0.2) is 4.79 Å². The summed E-state index contributed by atoms with van der Waals surface area (Å²) < 4.78 is 10.0. The molecule has 0 aromatic heterocycles. The fourth-order valence-electron chi connectivity index (χ4n) is 2.79. The van der Waals surface area contributed by atoms with Gasteiger partial charge in [-0.1, -0.05) is 12.1 Å². The molecule has 0 spiro atoms. The van der Waals surface area contributed by atoms with E-state index < -0.39 is 0 Å². The van der Waals surface area contributed by atoms with Crippen molar-refractivity contribution in [2.75, 3.05) is 26.8 Å². The van der Waals surface area contributed by atoms with Gasteiger partial charge >= 0.3 is 12.0 Å². The number of benzene rings is 1. The Bertz CT molecular complexity index is 530. The van der Waals surface area contributed by atoms with Crippen molar-refractivity contribution in [2.45, 2.75) is 32.2 Å². The second-order valence-corrected chi connectivity index (χ2v) is 5.41. The number of amides is 2. The average molecular weight is 320 g/mol. The quantitative estimate of drug-likeness (QED) is 0.818. The third-order valence-corrected chi connectivity index (χ3v) is 3.92. The summed E-state index contributed by atoms with van der Waals surface area (Å²) in [5, 5.41) is 2.80. The highest BCUT2D eigenvalue weighted by Crippen LogP contribution is 2.32. The Hall–Kier alpha value is -2.24. The van der Waals surface area contributed by atoms with Gasteiger partial charge < -0.3 is 19.7 Å². The number of methoxy groups -OCH3 is 1. The van der Waals surface area contributed by atoms with Gasteiger partial charge in [0.1, 0.15) is 5.75 Å². The molecule has 1 aliphatic rings. The van der Waals surface area contributed by atoms with Gasteiger partial charge in [0.05, 0.1) is 26.2 Å². The highest BCUT2D eigenvalue weighted by molar-refractivity contribution is 5.76. The summed E-state index contributed by atoms with van der Waals surface area (Å²) >= 11 is 0. The summed E-state index contributed by atoms with van der Waals surface area (Å²) in [6, 6.07) is 7.74. The molecule has 0 aliphatic carbocycles. The number of carbonyl (C=O) groups is 2. The lowest BCUT2D eigenvalue weighted by atomic mass is 10.0. The highest BCUT2D eigenvalue weighted by Gasteiger charge is 2.29. The zero-order chi connectivity index (χ0) is 16.7. The van der Waals surface area contributed by atoms with E-state index in [1.54, 1.807) is 14.0 Å². The summed E-state index contributed by atoms with van der Waals surface area (Å²) in [4.78, 5) is 25.4. The number of urea groups is 1. The zero-order valence-electron chi connectivity index (χ0n) is 13.7. The van der Waals surface area contributed by atoms with E-state index in [1.165, 1.54) is 0 Å². The van der Waals surface area contributed by atoms with Gasteiger partial charge in [0.25, 0.3) is 0 Å². The Kier molecular flexibility index (Phi) is 6.26. The SMILES string of the molecule is CCOC(=O)CCNC(=O)N1CCC[C@@H]1c1ccc(OC)cc1. The van der Waals surface area contributed by atoms with Crippen LogP contribution >= 0.6 is 0 Å². The van der Waals surface area contributed by atoms with Crippen LogP contribution in [0.1, 0.15) is 37.8 Å². The van der Waals surface area contributed by atoms with Crippen molar-refractivity contribution in [3.05, 3.63) is 29.8 Å². The predicted octanol–water partition coefficient (Wildman–Crippen LogP) is 2.49.